The summed E-state index contributed by atoms with van der Waals surface area (Å²) in [6, 6.07) is 3.66. The van der Waals surface area contributed by atoms with Gasteiger partial charge in [-0.15, -0.1) is 0 Å². The van der Waals surface area contributed by atoms with Crippen LogP contribution in [-0.2, 0) is 4.74 Å². The first-order valence-electron chi connectivity index (χ1n) is 5.03. The summed E-state index contributed by atoms with van der Waals surface area (Å²) in [6.07, 6.45) is 1.62. The summed E-state index contributed by atoms with van der Waals surface area (Å²) in [7, 11) is 0. The highest BCUT2D eigenvalue weighted by molar-refractivity contribution is 6.30. The Balaban J connectivity index is 2.46. The third-order valence-electron chi connectivity index (χ3n) is 1.96. The van der Waals surface area contributed by atoms with Crippen molar-refractivity contribution >= 4 is 17.4 Å². The van der Waals surface area contributed by atoms with Gasteiger partial charge in [0.25, 0.3) is 0 Å². The van der Waals surface area contributed by atoms with Gasteiger partial charge in [-0.3, -0.25) is 0 Å². The standard InChI is InChI=1S/C11H17ClN2O/c1-4-15-11(2,3)8-14-10-6-5-9(12)7-13-10/h5-7H,4,8H2,1-3H3,(H,13,14). The van der Waals surface area contributed by atoms with Crippen LogP contribution >= 0.6 is 11.6 Å². The lowest BCUT2D eigenvalue weighted by Crippen LogP contribution is -2.33. The van der Waals surface area contributed by atoms with Gasteiger partial charge in [-0.1, -0.05) is 11.6 Å². The highest BCUT2D eigenvalue weighted by Crippen LogP contribution is 2.13. The topological polar surface area (TPSA) is 34.1 Å². The number of anilines is 1. The van der Waals surface area contributed by atoms with Crippen LogP contribution in [-0.4, -0.2) is 23.7 Å². The Bertz CT molecular complexity index is 298. The molecule has 0 aromatic carbocycles. The molecule has 0 aliphatic rings. The molecule has 0 saturated heterocycles. The molecule has 1 heterocycles. The van der Waals surface area contributed by atoms with Gasteiger partial charge in [0.05, 0.1) is 10.6 Å². The van der Waals surface area contributed by atoms with Crippen molar-refractivity contribution < 1.29 is 4.74 Å². The third kappa shape index (κ3) is 4.49. The van der Waals surface area contributed by atoms with Crippen LogP contribution in [0, 0.1) is 0 Å². The van der Waals surface area contributed by atoms with Crippen LogP contribution in [0.25, 0.3) is 0 Å². The van der Waals surface area contributed by atoms with E-state index < -0.39 is 0 Å². The van der Waals surface area contributed by atoms with E-state index in [1.165, 1.54) is 0 Å². The molecule has 15 heavy (non-hydrogen) atoms. The summed E-state index contributed by atoms with van der Waals surface area (Å²) >= 11 is 5.74. The molecule has 0 atom stereocenters. The maximum atomic E-state index is 5.74. The second-order valence-electron chi connectivity index (χ2n) is 3.91. The highest BCUT2D eigenvalue weighted by atomic mass is 35.5. The van der Waals surface area contributed by atoms with Crippen molar-refractivity contribution in [2.24, 2.45) is 0 Å². The summed E-state index contributed by atoms with van der Waals surface area (Å²) < 4.78 is 5.56. The fourth-order valence-corrected chi connectivity index (χ4v) is 1.34. The summed E-state index contributed by atoms with van der Waals surface area (Å²) in [6.45, 7) is 7.50. The largest absolute Gasteiger partial charge is 0.374 e. The molecule has 1 N–H and O–H groups in total. The smallest absolute Gasteiger partial charge is 0.126 e. The van der Waals surface area contributed by atoms with E-state index in [0.717, 1.165) is 12.4 Å². The molecule has 0 unspecified atom stereocenters. The molecule has 1 aromatic heterocycles. The first-order valence-corrected chi connectivity index (χ1v) is 5.41. The molecule has 0 bridgehead atoms. The maximum Gasteiger partial charge on any atom is 0.126 e. The number of hydrogen-bond donors (Lipinski definition) is 1. The number of aromatic nitrogens is 1. The fraction of sp³-hybridized carbons (Fsp3) is 0.545. The summed E-state index contributed by atoms with van der Waals surface area (Å²) in [5.41, 5.74) is -0.184. The Morgan fingerprint density at radius 3 is 2.73 bits per heavy atom. The lowest BCUT2D eigenvalue weighted by molar-refractivity contribution is 0.000643. The molecule has 1 aromatic rings. The summed E-state index contributed by atoms with van der Waals surface area (Å²) in [5.74, 6) is 0.812. The van der Waals surface area contributed by atoms with Crippen LogP contribution in [0.3, 0.4) is 0 Å². The number of ether oxygens (including phenoxy) is 1. The van der Waals surface area contributed by atoms with E-state index in [4.69, 9.17) is 16.3 Å². The predicted octanol–water partition coefficient (Wildman–Crippen LogP) is 2.96. The van der Waals surface area contributed by atoms with Crippen LogP contribution in [0.15, 0.2) is 18.3 Å². The Morgan fingerprint density at radius 1 is 1.47 bits per heavy atom. The molecule has 84 valence electrons. The molecular weight excluding hydrogens is 212 g/mol. The SMILES string of the molecule is CCOC(C)(C)CNc1ccc(Cl)cn1. The minimum atomic E-state index is -0.184. The van der Waals surface area contributed by atoms with Crippen molar-refractivity contribution in [2.75, 3.05) is 18.5 Å². The predicted molar refractivity (Wildman–Crippen MR) is 63.4 cm³/mol. The zero-order chi connectivity index (χ0) is 11.3. The zero-order valence-electron chi connectivity index (χ0n) is 9.38. The van der Waals surface area contributed by atoms with E-state index in [9.17, 15) is 0 Å². The Labute approximate surface area is 95.8 Å². The first-order chi connectivity index (χ1) is 7.03. The Kier molecular flexibility index (Phi) is 4.36. The molecular formula is C11H17ClN2O. The maximum absolute atomic E-state index is 5.74. The molecule has 0 spiro atoms. The van der Waals surface area contributed by atoms with Gasteiger partial charge in [0, 0.05) is 19.3 Å². The third-order valence-corrected chi connectivity index (χ3v) is 2.18. The molecule has 0 aliphatic carbocycles. The summed E-state index contributed by atoms with van der Waals surface area (Å²) in [5, 5.41) is 3.85. The minimum Gasteiger partial charge on any atom is -0.374 e. The molecule has 3 nitrogen and oxygen atoms in total. The fourth-order valence-electron chi connectivity index (χ4n) is 1.23. The van der Waals surface area contributed by atoms with E-state index in [2.05, 4.69) is 10.3 Å². The van der Waals surface area contributed by atoms with Crippen LogP contribution in [0.5, 0.6) is 0 Å². The van der Waals surface area contributed by atoms with Crippen LogP contribution in [0.1, 0.15) is 20.8 Å². The number of nitrogens with one attached hydrogen (secondary N) is 1. The Hall–Kier alpha value is -0.800. The first kappa shape index (κ1) is 12.3. The van der Waals surface area contributed by atoms with E-state index in [1.54, 1.807) is 6.20 Å². The van der Waals surface area contributed by atoms with Crippen LogP contribution < -0.4 is 5.32 Å². The van der Waals surface area contributed by atoms with E-state index >= 15 is 0 Å². The molecule has 0 fully saturated rings. The number of pyridine rings is 1. The van der Waals surface area contributed by atoms with Gasteiger partial charge in [0.1, 0.15) is 5.82 Å². The second kappa shape index (κ2) is 5.33. The molecule has 0 saturated carbocycles. The van der Waals surface area contributed by atoms with Gasteiger partial charge in [0.15, 0.2) is 0 Å². The monoisotopic (exact) mass is 228 g/mol. The van der Waals surface area contributed by atoms with Gasteiger partial charge >= 0.3 is 0 Å². The lowest BCUT2D eigenvalue weighted by Gasteiger charge is -2.25. The lowest BCUT2D eigenvalue weighted by atomic mass is 10.1. The number of nitrogens with zero attached hydrogens (tertiary/aromatic N) is 1. The number of rotatable bonds is 5. The normalized spacial score (nSPS) is 11.5. The molecule has 0 radical (unpaired) electrons. The number of hydrogen-bond acceptors (Lipinski definition) is 3. The van der Waals surface area contributed by atoms with Crippen molar-refractivity contribution in [1.29, 1.82) is 0 Å². The van der Waals surface area contributed by atoms with Crippen molar-refractivity contribution in [3.8, 4) is 0 Å². The molecule has 0 aliphatic heterocycles. The quantitative estimate of drug-likeness (QED) is 0.842. The minimum absolute atomic E-state index is 0.184. The van der Waals surface area contributed by atoms with Gasteiger partial charge in [-0.05, 0) is 32.9 Å². The Morgan fingerprint density at radius 2 is 2.20 bits per heavy atom. The zero-order valence-corrected chi connectivity index (χ0v) is 10.1. The summed E-state index contributed by atoms with van der Waals surface area (Å²) in [4.78, 5) is 4.14. The molecule has 4 heteroatoms. The molecule has 1 rings (SSSR count). The highest BCUT2D eigenvalue weighted by Gasteiger charge is 2.16. The van der Waals surface area contributed by atoms with Crippen molar-refractivity contribution in [3.63, 3.8) is 0 Å². The van der Waals surface area contributed by atoms with Crippen molar-refractivity contribution in [3.05, 3.63) is 23.4 Å². The van der Waals surface area contributed by atoms with E-state index in [1.807, 2.05) is 32.9 Å². The van der Waals surface area contributed by atoms with Crippen molar-refractivity contribution in [2.45, 2.75) is 26.4 Å². The van der Waals surface area contributed by atoms with Crippen LogP contribution in [0.2, 0.25) is 5.02 Å². The van der Waals surface area contributed by atoms with Gasteiger partial charge < -0.3 is 10.1 Å². The van der Waals surface area contributed by atoms with E-state index in [0.29, 0.717) is 11.6 Å². The number of halogens is 1. The van der Waals surface area contributed by atoms with Crippen LogP contribution in [0.4, 0.5) is 5.82 Å². The van der Waals surface area contributed by atoms with E-state index in [-0.39, 0.29) is 5.60 Å². The van der Waals surface area contributed by atoms with Crippen molar-refractivity contribution in [1.82, 2.24) is 4.98 Å². The average Bonchev–Trinajstić information content (AvgIpc) is 2.17. The second-order valence-corrected chi connectivity index (χ2v) is 4.34. The van der Waals surface area contributed by atoms with Gasteiger partial charge in [-0.2, -0.15) is 0 Å². The van der Waals surface area contributed by atoms with Gasteiger partial charge in [0.2, 0.25) is 0 Å². The van der Waals surface area contributed by atoms with Gasteiger partial charge in [-0.25, -0.2) is 4.98 Å². The molecule has 0 amide bonds. The average molecular weight is 229 g/mol.